The lowest BCUT2D eigenvalue weighted by atomic mass is 10.1. The van der Waals surface area contributed by atoms with Gasteiger partial charge in [0.25, 0.3) is 0 Å². The van der Waals surface area contributed by atoms with Crippen LogP contribution in [0.2, 0.25) is 0 Å². The standard InChI is InChI=1S/C7H17NO4/c1-7(4-10,5-11)8-2-6(12)3-9/h6,8-12H,2-5H2,1H3/t6-/m0/s1. The largest absolute Gasteiger partial charge is 0.394 e. The molecule has 0 bridgehead atoms. The predicted molar refractivity (Wildman–Crippen MR) is 43.7 cm³/mol. The third kappa shape index (κ3) is 3.99. The minimum absolute atomic E-state index is 0.147. The summed E-state index contributed by atoms with van der Waals surface area (Å²) in [6, 6.07) is 0. The van der Waals surface area contributed by atoms with Crippen molar-refractivity contribution in [1.82, 2.24) is 5.32 Å². The molecule has 0 aliphatic carbocycles. The Morgan fingerprint density at radius 3 is 2.08 bits per heavy atom. The molecule has 5 nitrogen and oxygen atoms in total. The van der Waals surface area contributed by atoms with Gasteiger partial charge in [-0.15, -0.1) is 0 Å². The Bertz CT molecular complexity index is 116. The highest BCUT2D eigenvalue weighted by atomic mass is 16.3. The zero-order chi connectivity index (χ0) is 9.61. The molecule has 0 aromatic heterocycles. The van der Waals surface area contributed by atoms with Gasteiger partial charge in [0, 0.05) is 6.54 Å². The summed E-state index contributed by atoms with van der Waals surface area (Å²) in [5.41, 5.74) is -0.795. The summed E-state index contributed by atoms with van der Waals surface area (Å²) in [7, 11) is 0. The van der Waals surface area contributed by atoms with Gasteiger partial charge in [-0.1, -0.05) is 0 Å². The molecule has 0 heterocycles. The van der Waals surface area contributed by atoms with E-state index in [1.54, 1.807) is 6.92 Å². The van der Waals surface area contributed by atoms with E-state index in [9.17, 15) is 0 Å². The summed E-state index contributed by atoms with van der Waals surface area (Å²) >= 11 is 0. The third-order valence-electron chi connectivity index (χ3n) is 1.67. The second-order valence-corrected chi connectivity index (χ2v) is 3.09. The molecule has 0 aromatic rings. The van der Waals surface area contributed by atoms with Gasteiger partial charge in [-0.3, -0.25) is 0 Å². The van der Waals surface area contributed by atoms with E-state index in [-0.39, 0.29) is 26.4 Å². The van der Waals surface area contributed by atoms with Crippen molar-refractivity contribution in [2.45, 2.75) is 18.6 Å². The van der Waals surface area contributed by atoms with Crippen molar-refractivity contribution in [1.29, 1.82) is 0 Å². The molecule has 1 atom stereocenters. The van der Waals surface area contributed by atoms with Crippen LogP contribution in [0.4, 0.5) is 0 Å². The Labute approximate surface area is 71.7 Å². The Morgan fingerprint density at radius 1 is 1.25 bits per heavy atom. The second kappa shape index (κ2) is 5.45. The van der Waals surface area contributed by atoms with Crippen LogP contribution in [0.15, 0.2) is 0 Å². The fraction of sp³-hybridized carbons (Fsp3) is 1.00. The number of aliphatic hydroxyl groups is 4. The number of hydrogen-bond acceptors (Lipinski definition) is 5. The first-order valence-corrected chi connectivity index (χ1v) is 3.83. The van der Waals surface area contributed by atoms with E-state index >= 15 is 0 Å². The van der Waals surface area contributed by atoms with Crippen LogP contribution < -0.4 is 5.32 Å². The van der Waals surface area contributed by atoms with Crippen LogP contribution >= 0.6 is 0 Å². The van der Waals surface area contributed by atoms with E-state index in [1.165, 1.54) is 0 Å². The van der Waals surface area contributed by atoms with Crippen LogP contribution in [-0.2, 0) is 0 Å². The van der Waals surface area contributed by atoms with Gasteiger partial charge in [-0.05, 0) is 6.92 Å². The fourth-order valence-electron chi connectivity index (χ4n) is 0.591. The van der Waals surface area contributed by atoms with Crippen LogP contribution in [0.25, 0.3) is 0 Å². The van der Waals surface area contributed by atoms with Crippen LogP contribution in [0.3, 0.4) is 0 Å². The molecule has 0 aliphatic heterocycles. The van der Waals surface area contributed by atoms with E-state index in [4.69, 9.17) is 20.4 Å². The summed E-state index contributed by atoms with van der Waals surface area (Å²) in [6.45, 7) is 0.994. The zero-order valence-electron chi connectivity index (χ0n) is 7.19. The molecule has 0 radical (unpaired) electrons. The van der Waals surface area contributed by atoms with Gasteiger partial charge in [0.2, 0.25) is 0 Å². The third-order valence-corrected chi connectivity index (χ3v) is 1.67. The van der Waals surface area contributed by atoms with E-state index in [2.05, 4.69) is 5.32 Å². The molecule has 0 saturated carbocycles. The molecule has 0 amide bonds. The zero-order valence-corrected chi connectivity index (χ0v) is 7.19. The highest BCUT2D eigenvalue weighted by Gasteiger charge is 2.21. The van der Waals surface area contributed by atoms with E-state index < -0.39 is 11.6 Å². The van der Waals surface area contributed by atoms with Crippen molar-refractivity contribution >= 4 is 0 Å². The highest BCUT2D eigenvalue weighted by molar-refractivity contribution is 4.82. The minimum atomic E-state index is -0.859. The molecule has 0 unspecified atom stereocenters. The maximum absolute atomic E-state index is 8.94. The van der Waals surface area contributed by atoms with Gasteiger partial charge in [0.15, 0.2) is 0 Å². The maximum Gasteiger partial charge on any atom is 0.0895 e. The number of nitrogens with one attached hydrogen (secondary N) is 1. The van der Waals surface area contributed by atoms with Crippen molar-refractivity contribution in [3.05, 3.63) is 0 Å². The first kappa shape index (κ1) is 11.8. The molecule has 74 valence electrons. The quantitative estimate of drug-likeness (QED) is 0.315. The average molecular weight is 179 g/mol. The van der Waals surface area contributed by atoms with Gasteiger partial charge in [0.05, 0.1) is 31.5 Å². The van der Waals surface area contributed by atoms with Crippen molar-refractivity contribution < 1.29 is 20.4 Å². The number of β-amino-alcohol motifs (C(OH)–C–C–N with tert-alkyl or cyclic N) is 1. The number of hydrogen-bond donors (Lipinski definition) is 5. The fourth-order valence-corrected chi connectivity index (χ4v) is 0.591. The minimum Gasteiger partial charge on any atom is -0.394 e. The van der Waals surface area contributed by atoms with Crippen molar-refractivity contribution in [2.75, 3.05) is 26.4 Å². The summed E-state index contributed by atoms with van der Waals surface area (Å²) in [4.78, 5) is 0. The van der Waals surface area contributed by atoms with Crippen LogP contribution in [-0.4, -0.2) is 58.4 Å². The van der Waals surface area contributed by atoms with Gasteiger partial charge in [-0.25, -0.2) is 0 Å². The molecule has 5 heteroatoms. The molecule has 0 saturated heterocycles. The smallest absolute Gasteiger partial charge is 0.0895 e. The number of aliphatic hydroxyl groups excluding tert-OH is 4. The average Bonchev–Trinajstić information content (AvgIpc) is 2.13. The summed E-state index contributed by atoms with van der Waals surface area (Å²) in [5.74, 6) is 0. The normalized spacial score (nSPS) is 14.8. The lowest BCUT2D eigenvalue weighted by Crippen LogP contribution is -2.51. The Balaban J connectivity index is 3.72. The van der Waals surface area contributed by atoms with E-state index in [1.807, 2.05) is 0 Å². The van der Waals surface area contributed by atoms with Gasteiger partial charge >= 0.3 is 0 Å². The first-order chi connectivity index (χ1) is 5.58. The highest BCUT2D eigenvalue weighted by Crippen LogP contribution is 1.99. The van der Waals surface area contributed by atoms with Crippen LogP contribution in [0, 0.1) is 0 Å². The topological polar surface area (TPSA) is 93.0 Å². The lowest BCUT2D eigenvalue weighted by molar-refractivity contribution is 0.0609. The van der Waals surface area contributed by atoms with Crippen molar-refractivity contribution in [3.8, 4) is 0 Å². The van der Waals surface area contributed by atoms with Crippen molar-refractivity contribution in [2.24, 2.45) is 0 Å². The summed E-state index contributed by atoms with van der Waals surface area (Å²) < 4.78 is 0. The molecular formula is C7H17NO4. The molecule has 12 heavy (non-hydrogen) atoms. The number of rotatable bonds is 6. The molecule has 0 rings (SSSR count). The van der Waals surface area contributed by atoms with Gasteiger partial charge in [0.1, 0.15) is 0 Å². The molecule has 0 fully saturated rings. The summed E-state index contributed by atoms with van der Waals surface area (Å²) in [6.07, 6.45) is -0.859. The molecular weight excluding hydrogens is 162 g/mol. The SMILES string of the molecule is CC(CO)(CO)NC[C@H](O)CO. The van der Waals surface area contributed by atoms with Crippen LogP contribution in [0.1, 0.15) is 6.92 Å². The Morgan fingerprint density at radius 2 is 1.75 bits per heavy atom. The second-order valence-electron chi connectivity index (χ2n) is 3.09. The monoisotopic (exact) mass is 179 g/mol. The van der Waals surface area contributed by atoms with E-state index in [0.29, 0.717) is 0 Å². The lowest BCUT2D eigenvalue weighted by Gasteiger charge is -2.27. The molecule has 0 aliphatic rings. The van der Waals surface area contributed by atoms with E-state index in [0.717, 1.165) is 0 Å². The predicted octanol–water partition coefficient (Wildman–Crippen LogP) is -2.33. The van der Waals surface area contributed by atoms with Gasteiger partial charge in [-0.2, -0.15) is 0 Å². The Hall–Kier alpha value is -0.200. The first-order valence-electron chi connectivity index (χ1n) is 3.83. The molecule has 5 N–H and O–H groups in total. The van der Waals surface area contributed by atoms with Crippen LogP contribution in [0.5, 0.6) is 0 Å². The Kier molecular flexibility index (Phi) is 5.36. The van der Waals surface area contributed by atoms with Gasteiger partial charge < -0.3 is 25.7 Å². The summed E-state index contributed by atoms with van der Waals surface area (Å²) in [5, 5.41) is 37.7. The van der Waals surface area contributed by atoms with Crippen molar-refractivity contribution in [3.63, 3.8) is 0 Å². The molecule has 0 aromatic carbocycles. The molecule has 0 spiro atoms. The maximum atomic E-state index is 8.94.